The molecule has 1 aromatic rings. The average Bonchev–Trinajstić information content (AvgIpc) is 2.65. The maximum atomic E-state index is 13.5. The molecule has 0 bridgehead atoms. The highest BCUT2D eigenvalue weighted by Crippen LogP contribution is 2.26. The van der Waals surface area contributed by atoms with Gasteiger partial charge in [0.05, 0.1) is 6.42 Å². The number of amides is 1. The molecule has 96 valence electrons. The molecule has 0 N–H and O–H groups in total. The number of carbonyl (C=O) groups is 1. The molecule has 0 spiro atoms. The molecule has 0 saturated heterocycles. The van der Waals surface area contributed by atoms with Crippen LogP contribution in [0.5, 0.6) is 0 Å². The zero-order chi connectivity index (χ0) is 13.3. The van der Waals surface area contributed by atoms with E-state index >= 15 is 0 Å². The molecule has 2 rings (SSSR count). The molecule has 0 unspecified atom stereocenters. The van der Waals surface area contributed by atoms with E-state index in [0.717, 1.165) is 11.4 Å². The molecule has 1 aliphatic rings. The molecule has 1 heterocycles. The van der Waals surface area contributed by atoms with Gasteiger partial charge in [0.2, 0.25) is 0 Å². The van der Waals surface area contributed by atoms with Crippen LogP contribution in [0.15, 0.2) is 17.2 Å². The van der Waals surface area contributed by atoms with Crippen molar-refractivity contribution in [3.63, 3.8) is 0 Å². The van der Waals surface area contributed by atoms with E-state index in [-0.39, 0.29) is 12.1 Å². The number of nitrogens with zero attached hydrogens (tertiary/aromatic N) is 2. The fourth-order valence-corrected chi connectivity index (χ4v) is 1.77. The predicted molar refractivity (Wildman–Crippen MR) is 60.8 cm³/mol. The molecule has 0 aromatic heterocycles. The van der Waals surface area contributed by atoms with Crippen LogP contribution >= 0.6 is 0 Å². The van der Waals surface area contributed by atoms with Crippen molar-refractivity contribution in [2.24, 2.45) is 5.10 Å². The normalized spacial score (nSPS) is 15.2. The van der Waals surface area contributed by atoms with Gasteiger partial charge in [0.15, 0.2) is 17.5 Å². The smallest absolute Gasteiger partial charge is 0.253 e. The third kappa shape index (κ3) is 2.23. The molecular formula is C12H11F3N2O. The monoisotopic (exact) mass is 256 g/mol. The summed E-state index contributed by atoms with van der Waals surface area (Å²) in [5.74, 6) is -3.95. The van der Waals surface area contributed by atoms with Crippen molar-refractivity contribution >= 4 is 17.3 Å². The lowest BCUT2D eigenvalue weighted by Crippen LogP contribution is -2.21. The van der Waals surface area contributed by atoms with Crippen LogP contribution in [0.1, 0.15) is 26.2 Å². The predicted octanol–water partition coefficient (Wildman–Crippen LogP) is 3.00. The Morgan fingerprint density at radius 1 is 1.22 bits per heavy atom. The summed E-state index contributed by atoms with van der Waals surface area (Å²) in [6.07, 6.45) is 1.51. The zero-order valence-electron chi connectivity index (χ0n) is 9.71. The molecule has 0 atom stereocenters. The Kier molecular flexibility index (Phi) is 3.36. The molecule has 0 fully saturated rings. The Morgan fingerprint density at radius 2 is 1.89 bits per heavy atom. The van der Waals surface area contributed by atoms with Gasteiger partial charge in [0.1, 0.15) is 5.69 Å². The Balaban J connectivity index is 2.37. The highest BCUT2D eigenvalue weighted by molar-refractivity contribution is 6.12. The maximum Gasteiger partial charge on any atom is 0.253 e. The number of hydrogen-bond donors (Lipinski definition) is 0. The highest BCUT2D eigenvalue weighted by atomic mass is 19.2. The van der Waals surface area contributed by atoms with E-state index in [1.54, 1.807) is 0 Å². The number of halogens is 3. The van der Waals surface area contributed by atoms with Gasteiger partial charge in [-0.2, -0.15) is 10.1 Å². The second-order valence-electron chi connectivity index (χ2n) is 4.02. The van der Waals surface area contributed by atoms with Gasteiger partial charge in [0.25, 0.3) is 5.91 Å². The first-order valence-corrected chi connectivity index (χ1v) is 5.56. The Morgan fingerprint density at radius 3 is 2.56 bits per heavy atom. The fourth-order valence-electron chi connectivity index (χ4n) is 1.77. The van der Waals surface area contributed by atoms with Gasteiger partial charge in [-0.05, 0) is 6.42 Å². The van der Waals surface area contributed by atoms with E-state index in [1.165, 1.54) is 0 Å². The molecule has 1 amide bonds. The van der Waals surface area contributed by atoms with Gasteiger partial charge in [-0.3, -0.25) is 4.79 Å². The van der Waals surface area contributed by atoms with Crippen LogP contribution in [0.3, 0.4) is 0 Å². The van der Waals surface area contributed by atoms with E-state index < -0.39 is 23.4 Å². The minimum Gasteiger partial charge on any atom is -0.272 e. The third-order valence-corrected chi connectivity index (χ3v) is 2.59. The molecule has 6 heteroatoms. The third-order valence-electron chi connectivity index (χ3n) is 2.59. The van der Waals surface area contributed by atoms with Crippen molar-refractivity contribution < 1.29 is 18.0 Å². The van der Waals surface area contributed by atoms with Gasteiger partial charge < -0.3 is 0 Å². The Hall–Kier alpha value is -1.85. The van der Waals surface area contributed by atoms with Crippen LogP contribution in [-0.4, -0.2) is 11.6 Å². The van der Waals surface area contributed by atoms with Gasteiger partial charge in [-0.15, -0.1) is 0 Å². The van der Waals surface area contributed by atoms with Crippen LogP contribution in [0.4, 0.5) is 18.9 Å². The molecule has 1 aromatic carbocycles. The van der Waals surface area contributed by atoms with Crippen molar-refractivity contribution in [2.75, 3.05) is 5.01 Å². The van der Waals surface area contributed by atoms with Crippen molar-refractivity contribution in [1.29, 1.82) is 0 Å². The zero-order valence-corrected chi connectivity index (χ0v) is 9.71. The lowest BCUT2D eigenvalue weighted by Gasteiger charge is -2.12. The summed E-state index contributed by atoms with van der Waals surface area (Å²) in [4.78, 5) is 11.6. The largest absolute Gasteiger partial charge is 0.272 e. The Bertz CT molecular complexity index is 528. The second-order valence-corrected chi connectivity index (χ2v) is 4.02. The average molecular weight is 256 g/mol. The van der Waals surface area contributed by atoms with E-state index in [0.29, 0.717) is 24.3 Å². The van der Waals surface area contributed by atoms with Crippen LogP contribution in [0.25, 0.3) is 0 Å². The topological polar surface area (TPSA) is 32.7 Å². The molecule has 18 heavy (non-hydrogen) atoms. The molecule has 0 radical (unpaired) electrons. The summed E-state index contributed by atoms with van der Waals surface area (Å²) in [7, 11) is 0. The van der Waals surface area contributed by atoms with E-state index in [1.807, 2.05) is 6.92 Å². The lowest BCUT2D eigenvalue weighted by atomic mass is 10.2. The van der Waals surface area contributed by atoms with Crippen molar-refractivity contribution in [3.05, 3.63) is 29.6 Å². The first kappa shape index (κ1) is 12.6. The van der Waals surface area contributed by atoms with E-state index in [9.17, 15) is 18.0 Å². The van der Waals surface area contributed by atoms with E-state index in [4.69, 9.17) is 0 Å². The van der Waals surface area contributed by atoms with Gasteiger partial charge in [0, 0.05) is 17.8 Å². The SMILES string of the molecule is CCCC1=NN(c2cc(F)c(F)cc2F)C(=O)C1. The Labute approximate surface area is 102 Å². The summed E-state index contributed by atoms with van der Waals surface area (Å²) in [6, 6.07) is 1.05. The summed E-state index contributed by atoms with van der Waals surface area (Å²) >= 11 is 0. The van der Waals surface area contributed by atoms with Crippen molar-refractivity contribution in [1.82, 2.24) is 0 Å². The lowest BCUT2D eigenvalue weighted by molar-refractivity contribution is -0.116. The van der Waals surface area contributed by atoms with Gasteiger partial charge in [-0.25, -0.2) is 13.2 Å². The molecular weight excluding hydrogens is 245 g/mol. The number of hydrazone groups is 1. The summed E-state index contributed by atoms with van der Waals surface area (Å²) in [6.45, 7) is 1.92. The first-order valence-electron chi connectivity index (χ1n) is 5.56. The number of benzene rings is 1. The molecule has 3 nitrogen and oxygen atoms in total. The van der Waals surface area contributed by atoms with Crippen molar-refractivity contribution in [2.45, 2.75) is 26.2 Å². The summed E-state index contributed by atoms with van der Waals surface area (Å²) in [5, 5.41) is 4.73. The molecule has 0 aliphatic carbocycles. The summed E-state index contributed by atoms with van der Waals surface area (Å²) in [5.41, 5.74) is 0.261. The van der Waals surface area contributed by atoms with Gasteiger partial charge in [-0.1, -0.05) is 13.3 Å². The number of anilines is 1. The number of hydrogen-bond acceptors (Lipinski definition) is 2. The molecule has 0 saturated carbocycles. The van der Waals surface area contributed by atoms with Crippen LogP contribution in [-0.2, 0) is 4.79 Å². The van der Waals surface area contributed by atoms with Crippen LogP contribution in [0, 0.1) is 17.5 Å². The van der Waals surface area contributed by atoms with Crippen LogP contribution in [0.2, 0.25) is 0 Å². The van der Waals surface area contributed by atoms with Crippen LogP contribution < -0.4 is 5.01 Å². The fraction of sp³-hybridized carbons (Fsp3) is 0.333. The second kappa shape index (κ2) is 4.80. The highest BCUT2D eigenvalue weighted by Gasteiger charge is 2.27. The number of rotatable bonds is 3. The quantitative estimate of drug-likeness (QED) is 0.765. The standard InChI is InChI=1S/C12H11F3N2O/c1-2-3-7-4-12(18)17(16-7)11-6-9(14)8(13)5-10(11)15/h5-6H,2-4H2,1H3. The maximum absolute atomic E-state index is 13.5. The minimum absolute atomic E-state index is 0.0896. The number of carbonyl (C=O) groups excluding carboxylic acids is 1. The first-order chi connectivity index (χ1) is 8.52. The molecule has 1 aliphatic heterocycles. The minimum atomic E-state index is -1.29. The van der Waals surface area contributed by atoms with E-state index in [2.05, 4.69) is 5.10 Å². The summed E-state index contributed by atoms with van der Waals surface area (Å²) < 4.78 is 39.3. The van der Waals surface area contributed by atoms with Gasteiger partial charge >= 0.3 is 0 Å². The van der Waals surface area contributed by atoms with Crippen molar-refractivity contribution in [3.8, 4) is 0 Å².